The summed E-state index contributed by atoms with van der Waals surface area (Å²) in [5.74, 6) is -0.114. The van der Waals surface area contributed by atoms with Gasteiger partial charge in [-0.2, -0.15) is 0 Å². The number of aryl methyl sites for hydroxylation is 2. The van der Waals surface area contributed by atoms with Gasteiger partial charge in [0.1, 0.15) is 0 Å². The molecule has 144 valence electrons. The van der Waals surface area contributed by atoms with Crippen LogP contribution < -0.4 is 5.32 Å². The molecule has 8 heteroatoms. The summed E-state index contributed by atoms with van der Waals surface area (Å²) in [6.45, 7) is 5.57. The number of anilines is 1. The van der Waals surface area contributed by atoms with Gasteiger partial charge in [0, 0.05) is 42.4 Å². The molecule has 1 unspecified atom stereocenters. The molecule has 1 atom stereocenters. The molecule has 6 nitrogen and oxygen atoms in total. The van der Waals surface area contributed by atoms with Gasteiger partial charge in [-0.3, -0.25) is 4.79 Å². The zero-order valence-corrected chi connectivity index (χ0v) is 17.0. The van der Waals surface area contributed by atoms with Gasteiger partial charge in [-0.25, -0.2) is 9.78 Å². The van der Waals surface area contributed by atoms with Crippen molar-refractivity contribution in [1.29, 1.82) is 0 Å². The monoisotopic (exact) mass is 405 g/mol. The summed E-state index contributed by atoms with van der Waals surface area (Å²) in [6, 6.07) is 6.49. The van der Waals surface area contributed by atoms with E-state index in [9.17, 15) is 9.59 Å². The minimum absolute atomic E-state index is 0.0789. The molecule has 2 N–H and O–H groups in total. The molecule has 1 aromatic heterocycles. The Hall–Kier alpha value is -2.06. The number of carboxylic acids is 1. The molecule has 3 rings (SSSR count). The molecule has 0 spiro atoms. The number of thiazole rings is 1. The minimum Gasteiger partial charge on any atom is -0.476 e. The number of aromatic carboxylic acids is 1. The van der Waals surface area contributed by atoms with Gasteiger partial charge >= 0.3 is 5.97 Å². The highest BCUT2D eigenvalue weighted by Crippen LogP contribution is 2.25. The first kappa shape index (κ1) is 19.7. The van der Waals surface area contributed by atoms with Crippen LogP contribution in [0.1, 0.15) is 34.5 Å². The first-order valence-electron chi connectivity index (χ1n) is 8.86. The molecular weight excluding hydrogens is 382 g/mol. The Kier molecular flexibility index (Phi) is 6.38. The summed E-state index contributed by atoms with van der Waals surface area (Å²) in [5.41, 5.74) is 3.68. The molecule has 1 amide bonds. The number of aromatic nitrogens is 1. The van der Waals surface area contributed by atoms with Crippen molar-refractivity contribution in [3.8, 4) is 0 Å². The van der Waals surface area contributed by atoms with Gasteiger partial charge in [0.2, 0.25) is 5.91 Å². The summed E-state index contributed by atoms with van der Waals surface area (Å²) >= 11 is 2.82. The number of nitrogens with one attached hydrogen (secondary N) is 1. The molecule has 1 aromatic carbocycles. The first-order valence-corrected chi connectivity index (χ1v) is 10.7. The van der Waals surface area contributed by atoms with Crippen molar-refractivity contribution >= 4 is 40.7 Å². The van der Waals surface area contributed by atoms with Crippen LogP contribution in [0, 0.1) is 13.8 Å². The Morgan fingerprint density at radius 2 is 2.22 bits per heavy atom. The first-order chi connectivity index (χ1) is 12.9. The third-order valence-electron chi connectivity index (χ3n) is 4.76. The molecule has 2 heterocycles. The van der Waals surface area contributed by atoms with Crippen molar-refractivity contribution in [2.45, 2.75) is 37.1 Å². The van der Waals surface area contributed by atoms with E-state index in [0.717, 1.165) is 23.0 Å². The number of hydrogen-bond donors (Lipinski definition) is 2. The summed E-state index contributed by atoms with van der Waals surface area (Å²) in [4.78, 5) is 29.1. The number of nitrogens with zero attached hydrogens (tertiary/aromatic N) is 2. The van der Waals surface area contributed by atoms with Gasteiger partial charge in [-0.15, -0.1) is 11.3 Å². The maximum atomic E-state index is 12.2. The number of likely N-dealkylation sites (tertiary alicyclic amines) is 1. The van der Waals surface area contributed by atoms with Crippen molar-refractivity contribution in [3.05, 3.63) is 40.4 Å². The Balaban J connectivity index is 1.51. The Morgan fingerprint density at radius 3 is 2.93 bits per heavy atom. The van der Waals surface area contributed by atoms with E-state index in [1.165, 1.54) is 34.2 Å². The lowest BCUT2D eigenvalue weighted by Gasteiger charge is -2.25. The van der Waals surface area contributed by atoms with Crippen molar-refractivity contribution in [2.75, 3.05) is 24.2 Å². The van der Waals surface area contributed by atoms with Crippen LogP contribution >= 0.6 is 23.1 Å². The van der Waals surface area contributed by atoms with Crippen molar-refractivity contribution in [2.24, 2.45) is 0 Å². The van der Waals surface area contributed by atoms with E-state index in [1.54, 1.807) is 5.38 Å². The zero-order chi connectivity index (χ0) is 19.4. The molecule has 1 saturated heterocycles. The van der Waals surface area contributed by atoms with E-state index in [0.29, 0.717) is 18.7 Å². The fraction of sp³-hybridized carbons (Fsp3) is 0.421. The third kappa shape index (κ3) is 5.01. The van der Waals surface area contributed by atoms with Gasteiger partial charge in [-0.1, -0.05) is 17.8 Å². The number of carbonyl (C=O) groups is 2. The van der Waals surface area contributed by atoms with Crippen LogP contribution in [0.2, 0.25) is 0 Å². The van der Waals surface area contributed by atoms with Crippen LogP contribution in [0.25, 0.3) is 0 Å². The molecule has 0 aliphatic carbocycles. The second-order valence-corrected chi connectivity index (χ2v) is 8.81. The number of rotatable bonds is 8. The molecule has 0 bridgehead atoms. The molecular formula is C19H23N3O3S2. The summed E-state index contributed by atoms with van der Waals surface area (Å²) in [5, 5.41) is 13.9. The molecule has 0 saturated carbocycles. The number of benzene rings is 1. The van der Waals surface area contributed by atoms with Crippen LogP contribution in [0.15, 0.2) is 27.9 Å². The molecule has 1 fully saturated rings. The number of amides is 1. The number of hydrogen-bond acceptors (Lipinski definition) is 6. The smallest absolute Gasteiger partial charge is 0.355 e. The summed E-state index contributed by atoms with van der Waals surface area (Å²) < 4.78 is 0.726. The van der Waals surface area contributed by atoms with E-state index in [2.05, 4.69) is 42.3 Å². The van der Waals surface area contributed by atoms with E-state index in [-0.39, 0.29) is 17.6 Å². The van der Waals surface area contributed by atoms with Crippen LogP contribution in [0.5, 0.6) is 0 Å². The quantitative estimate of drug-likeness (QED) is 0.653. The number of carboxylic acid groups (broad SMARTS) is 1. The fourth-order valence-electron chi connectivity index (χ4n) is 3.05. The van der Waals surface area contributed by atoms with Crippen LogP contribution in [0.4, 0.5) is 5.69 Å². The normalized spacial score (nSPS) is 16.7. The third-order valence-corrected chi connectivity index (χ3v) is 6.76. The van der Waals surface area contributed by atoms with E-state index < -0.39 is 5.97 Å². The summed E-state index contributed by atoms with van der Waals surface area (Å²) in [6.07, 6.45) is 1.45. The van der Waals surface area contributed by atoms with Crippen molar-refractivity contribution in [1.82, 2.24) is 9.88 Å². The zero-order valence-electron chi connectivity index (χ0n) is 15.4. The van der Waals surface area contributed by atoms with Crippen LogP contribution in [-0.2, 0) is 4.79 Å². The lowest BCUT2D eigenvalue weighted by atomic mass is 10.1. The lowest BCUT2D eigenvalue weighted by molar-refractivity contribution is -0.128. The molecule has 1 aliphatic rings. The standard InChI is InChI=1S/C19H23N3O3S2/c1-12-3-4-14(9-13(12)2)20-10-15-5-6-17(23)22(15)7-8-26-19-21-16(11-27-19)18(24)25/h3-4,9,11,15,20H,5-8,10H2,1-2H3,(H,24,25). The SMILES string of the molecule is Cc1ccc(NCC2CCC(=O)N2CCSc2nc(C(=O)O)cs2)cc1C. The molecule has 0 radical (unpaired) electrons. The molecule has 1 aliphatic heterocycles. The number of carbonyl (C=O) groups excluding carboxylic acids is 1. The van der Waals surface area contributed by atoms with Gasteiger partial charge in [0.05, 0.1) is 0 Å². The minimum atomic E-state index is -1.01. The maximum Gasteiger partial charge on any atom is 0.355 e. The maximum absolute atomic E-state index is 12.2. The Labute approximate surface area is 167 Å². The number of thioether (sulfide) groups is 1. The molecule has 27 heavy (non-hydrogen) atoms. The van der Waals surface area contributed by atoms with Crippen LogP contribution in [-0.4, -0.2) is 51.8 Å². The molecule has 2 aromatic rings. The van der Waals surface area contributed by atoms with Gasteiger partial charge in [0.15, 0.2) is 10.0 Å². The Bertz CT molecular complexity index is 837. The van der Waals surface area contributed by atoms with Gasteiger partial charge < -0.3 is 15.3 Å². The van der Waals surface area contributed by atoms with Gasteiger partial charge in [0.25, 0.3) is 0 Å². The van der Waals surface area contributed by atoms with Crippen molar-refractivity contribution < 1.29 is 14.7 Å². The Morgan fingerprint density at radius 1 is 1.41 bits per heavy atom. The average Bonchev–Trinajstić information content (AvgIpc) is 3.24. The highest BCUT2D eigenvalue weighted by Gasteiger charge is 2.30. The topological polar surface area (TPSA) is 82.5 Å². The predicted molar refractivity (Wildman–Crippen MR) is 109 cm³/mol. The second-order valence-electron chi connectivity index (χ2n) is 6.61. The summed E-state index contributed by atoms with van der Waals surface area (Å²) in [7, 11) is 0. The van der Waals surface area contributed by atoms with Crippen LogP contribution in [0.3, 0.4) is 0 Å². The van der Waals surface area contributed by atoms with Gasteiger partial charge in [-0.05, 0) is 43.5 Å². The van der Waals surface area contributed by atoms with E-state index in [4.69, 9.17) is 5.11 Å². The predicted octanol–water partition coefficient (Wildman–Crippen LogP) is 3.65. The van der Waals surface area contributed by atoms with Crippen molar-refractivity contribution in [3.63, 3.8) is 0 Å². The van der Waals surface area contributed by atoms with E-state index in [1.807, 2.05) is 4.90 Å². The highest BCUT2D eigenvalue weighted by molar-refractivity contribution is 8.01. The van der Waals surface area contributed by atoms with E-state index >= 15 is 0 Å². The fourth-order valence-corrected chi connectivity index (χ4v) is 4.86. The second kappa shape index (κ2) is 8.75. The highest BCUT2D eigenvalue weighted by atomic mass is 32.2. The largest absolute Gasteiger partial charge is 0.476 e. The lowest BCUT2D eigenvalue weighted by Crippen LogP contribution is -2.39. The average molecular weight is 406 g/mol.